The molecule has 3 rings (SSSR count). The van der Waals surface area contributed by atoms with Crippen molar-refractivity contribution in [2.24, 2.45) is 0 Å². The normalized spacial score (nSPS) is 10.8. The maximum Gasteiger partial charge on any atom is 0.335 e. The first-order valence-electron chi connectivity index (χ1n) is 10.3. The van der Waals surface area contributed by atoms with E-state index in [-0.39, 0.29) is 17.7 Å². The minimum atomic E-state index is -1.01. The number of carboxylic acid groups (broad SMARTS) is 1. The van der Waals surface area contributed by atoms with Gasteiger partial charge in [-0.1, -0.05) is 23.7 Å². The number of aromatic carboxylic acids is 1. The zero-order chi connectivity index (χ0) is 24.5. The molecule has 3 aromatic carbocycles. The second-order valence-electron chi connectivity index (χ2n) is 7.05. The van der Waals surface area contributed by atoms with E-state index < -0.39 is 11.9 Å². The van der Waals surface area contributed by atoms with Crippen LogP contribution in [0.4, 0.5) is 5.69 Å². The van der Waals surface area contributed by atoms with Crippen LogP contribution in [0.2, 0.25) is 5.02 Å². The van der Waals surface area contributed by atoms with Crippen LogP contribution in [0.3, 0.4) is 0 Å². The van der Waals surface area contributed by atoms with E-state index in [2.05, 4.69) is 5.32 Å². The average molecular weight is 477 g/mol. The Bertz CT molecular complexity index is 1250. The van der Waals surface area contributed by atoms with E-state index >= 15 is 0 Å². The Morgan fingerprint density at radius 2 is 1.76 bits per heavy atom. The van der Waals surface area contributed by atoms with Gasteiger partial charge in [-0.2, -0.15) is 5.26 Å². The number of carbonyl (C=O) groups excluding carboxylic acids is 1. The molecule has 0 bridgehead atoms. The van der Waals surface area contributed by atoms with Gasteiger partial charge in [0.1, 0.15) is 29.7 Å². The summed E-state index contributed by atoms with van der Waals surface area (Å²) in [4.78, 5) is 23.7. The SMILES string of the molecule is CCOc1ccc(NC(=O)/C(C#N)=C/c2cc(Cl)ccc2OCc2ccc(C(=O)O)cc2)cc1. The van der Waals surface area contributed by atoms with Gasteiger partial charge in [0.15, 0.2) is 0 Å². The molecule has 0 aliphatic rings. The van der Waals surface area contributed by atoms with Crippen molar-refractivity contribution >= 4 is 35.2 Å². The molecule has 172 valence electrons. The van der Waals surface area contributed by atoms with Crippen LogP contribution >= 0.6 is 11.6 Å². The molecule has 0 atom stereocenters. The van der Waals surface area contributed by atoms with Gasteiger partial charge < -0.3 is 19.9 Å². The van der Waals surface area contributed by atoms with Gasteiger partial charge in [-0.05, 0) is 73.2 Å². The number of nitriles is 1. The maximum atomic E-state index is 12.7. The molecule has 0 saturated carbocycles. The van der Waals surface area contributed by atoms with Crippen LogP contribution in [0.25, 0.3) is 6.08 Å². The molecule has 0 aliphatic carbocycles. The average Bonchev–Trinajstić information content (AvgIpc) is 2.83. The van der Waals surface area contributed by atoms with Crippen molar-refractivity contribution in [3.8, 4) is 17.6 Å². The van der Waals surface area contributed by atoms with Crippen LogP contribution < -0.4 is 14.8 Å². The summed E-state index contributed by atoms with van der Waals surface area (Å²) in [6.45, 7) is 2.57. The molecule has 0 heterocycles. The Balaban J connectivity index is 1.76. The number of nitrogens with zero attached hydrogens (tertiary/aromatic N) is 1. The van der Waals surface area contributed by atoms with Crippen LogP contribution in [0, 0.1) is 11.3 Å². The Hall–Kier alpha value is -4.28. The lowest BCUT2D eigenvalue weighted by Gasteiger charge is -2.11. The zero-order valence-corrected chi connectivity index (χ0v) is 19.0. The molecule has 8 heteroatoms. The number of anilines is 1. The van der Waals surface area contributed by atoms with Crippen LogP contribution in [-0.4, -0.2) is 23.6 Å². The summed E-state index contributed by atoms with van der Waals surface area (Å²) in [6, 6.07) is 19.9. The second kappa shape index (κ2) is 11.5. The van der Waals surface area contributed by atoms with E-state index in [9.17, 15) is 14.9 Å². The van der Waals surface area contributed by atoms with Crippen molar-refractivity contribution in [2.75, 3.05) is 11.9 Å². The predicted molar refractivity (Wildman–Crippen MR) is 129 cm³/mol. The molecule has 2 N–H and O–H groups in total. The van der Waals surface area contributed by atoms with Gasteiger partial charge in [0.25, 0.3) is 5.91 Å². The van der Waals surface area contributed by atoms with Crippen molar-refractivity contribution in [3.63, 3.8) is 0 Å². The summed E-state index contributed by atoms with van der Waals surface area (Å²) in [6.07, 6.45) is 1.40. The van der Waals surface area contributed by atoms with Crippen molar-refractivity contribution in [1.82, 2.24) is 0 Å². The molecule has 7 nitrogen and oxygen atoms in total. The highest BCUT2D eigenvalue weighted by Crippen LogP contribution is 2.27. The summed E-state index contributed by atoms with van der Waals surface area (Å²) >= 11 is 6.12. The van der Waals surface area contributed by atoms with E-state index in [0.29, 0.717) is 34.4 Å². The van der Waals surface area contributed by atoms with Gasteiger partial charge >= 0.3 is 5.97 Å². The molecule has 0 saturated heterocycles. The molecule has 0 unspecified atom stereocenters. The van der Waals surface area contributed by atoms with Gasteiger partial charge in [-0.25, -0.2) is 4.79 Å². The molecule has 34 heavy (non-hydrogen) atoms. The Labute approximate surface area is 201 Å². The summed E-state index contributed by atoms with van der Waals surface area (Å²) in [5.41, 5.74) is 1.77. The van der Waals surface area contributed by atoms with Gasteiger partial charge in [0.05, 0.1) is 12.2 Å². The topological polar surface area (TPSA) is 109 Å². The van der Waals surface area contributed by atoms with Crippen LogP contribution in [0.5, 0.6) is 11.5 Å². The Morgan fingerprint density at radius 1 is 1.06 bits per heavy atom. The quantitative estimate of drug-likeness (QED) is 0.309. The fraction of sp³-hybridized carbons (Fsp3) is 0.115. The first-order chi connectivity index (χ1) is 16.4. The molecule has 1 amide bonds. The Kier molecular flexibility index (Phi) is 8.27. The fourth-order valence-electron chi connectivity index (χ4n) is 2.97. The lowest BCUT2D eigenvalue weighted by Crippen LogP contribution is -2.13. The molecule has 0 aromatic heterocycles. The number of carboxylic acids is 1. The summed E-state index contributed by atoms with van der Waals surface area (Å²) in [5.74, 6) is -0.504. The van der Waals surface area contributed by atoms with E-state index in [1.54, 1.807) is 54.6 Å². The van der Waals surface area contributed by atoms with Gasteiger partial charge in [-0.3, -0.25) is 4.79 Å². The third kappa shape index (κ3) is 6.61. The molecule has 0 radical (unpaired) electrons. The van der Waals surface area contributed by atoms with E-state index in [1.165, 1.54) is 18.2 Å². The molecule has 3 aromatic rings. The number of hydrogen-bond donors (Lipinski definition) is 2. The minimum absolute atomic E-state index is 0.133. The van der Waals surface area contributed by atoms with Crippen LogP contribution in [0.1, 0.15) is 28.4 Å². The van der Waals surface area contributed by atoms with E-state index in [1.807, 2.05) is 13.0 Å². The first-order valence-corrected chi connectivity index (χ1v) is 10.7. The van der Waals surface area contributed by atoms with Crippen molar-refractivity contribution in [1.29, 1.82) is 5.26 Å². The van der Waals surface area contributed by atoms with E-state index in [0.717, 1.165) is 5.56 Å². The van der Waals surface area contributed by atoms with Crippen molar-refractivity contribution < 1.29 is 24.2 Å². The summed E-state index contributed by atoms with van der Waals surface area (Å²) in [5, 5.41) is 21.7. The molecular formula is C26H21ClN2O5. The number of halogens is 1. The number of benzene rings is 3. The van der Waals surface area contributed by atoms with Crippen LogP contribution in [-0.2, 0) is 11.4 Å². The van der Waals surface area contributed by atoms with Gasteiger partial charge in [-0.15, -0.1) is 0 Å². The number of amides is 1. The molecule has 0 aliphatic heterocycles. The standard InChI is InChI=1S/C26H21ClN2O5/c1-2-33-23-10-8-22(9-11-23)29-25(30)20(15-28)13-19-14-21(27)7-12-24(19)34-16-17-3-5-18(6-4-17)26(31)32/h3-14H,2,16H2,1H3,(H,29,30)(H,31,32)/b20-13+. The fourth-order valence-corrected chi connectivity index (χ4v) is 3.15. The van der Waals surface area contributed by atoms with Gasteiger partial charge in [0.2, 0.25) is 0 Å². The summed E-state index contributed by atoms with van der Waals surface area (Å²) in [7, 11) is 0. The second-order valence-corrected chi connectivity index (χ2v) is 7.49. The monoisotopic (exact) mass is 476 g/mol. The number of ether oxygens (including phenoxy) is 2. The molecular weight excluding hydrogens is 456 g/mol. The highest BCUT2D eigenvalue weighted by atomic mass is 35.5. The third-order valence-corrected chi connectivity index (χ3v) is 4.89. The zero-order valence-electron chi connectivity index (χ0n) is 18.2. The van der Waals surface area contributed by atoms with E-state index in [4.69, 9.17) is 26.2 Å². The highest BCUT2D eigenvalue weighted by molar-refractivity contribution is 6.30. The predicted octanol–water partition coefficient (Wildman–Crippen LogP) is 5.56. The number of hydrogen-bond acceptors (Lipinski definition) is 5. The minimum Gasteiger partial charge on any atom is -0.494 e. The van der Waals surface area contributed by atoms with Crippen molar-refractivity contribution in [3.05, 3.63) is 94.0 Å². The number of carbonyl (C=O) groups is 2. The smallest absolute Gasteiger partial charge is 0.335 e. The highest BCUT2D eigenvalue weighted by Gasteiger charge is 2.13. The molecule has 0 fully saturated rings. The number of nitrogens with one attached hydrogen (secondary N) is 1. The maximum absolute atomic E-state index is 12.7. The lowest BCUT2D eigenvalue weighted by molar-refractivity contribution is -0.112. The lowest BCUT2D eigenvalue weighted by atomic mass is 10.1. The number of rotatable bonds is 9. The Morgan fingerprint density at radius 3 is 2.38 bits per heavy atom. The van der Waals surface area contributed by atoms with Crippen LogP contribution in [0.15, 0.2) is 72.3 Å². The first kappa shape index (κ1) is 24.4. The third-order valence-electron chi connectivity index (χ3n) is 4.66. The van der Waals surface area contributed by atoms with Crippen molar-refractivity contribution in [2.45, 2.75) is 13.5 Å². The largest absolute Gasteiger partial charge is 0.494 e. The van der Waals surface area contributed by atoms with Gasteiger partial charge in [0, 0.05) is 16.3 Å². The summed E-state index contributed by atoms with van der Waals surface area (Å²) < 4.78 is 11.2. The molecule has 0 spiro atoms.